The van der Waals surface area contributed by atoms with Gasteiger partial charge >= 0.3 is 5.69 Å². The highest BCUT2D eigenvalue weighted by atomic mass is 16.5. The molecule has 0 amide bonds. The van der Waals surface area contributed by atoms with Crippen LogP contribution in [-0.2, 0) is 17.8 Å². The molecule has 4 aromatic rings. The van der Waals surface area contributed by atoms with E-state index in [-0.39, 0.29) is 23.8 Å². The van der Waals surface area contributed by atoms with Crippen LogP contribution in [0, 0.1) is 5.92 Å². The molecule has 2 aliphatic rings. The monoisotopic (exact) mass is 431 g/mol. The van der Waals surface area contributed by atoms with Crippen molar-refractivity contribution in [3.8, 4) is 0 Å². The Hall–Kier alpha value is -3.26. The highest BCUT2D eigenvalue weighted by Gasteiger charge is 2.29. The number of aromatic nitrogens is 5. The first-order valence-corrected chi connectivity index (χ1v) is 11.3. The van der Waals surface area contributed by atoms with E-state index in [0.29, 0.717) is 17.1 Å². The van der Waals surface area contributed by atoms with Gasteiger partial charge in [-0.25, -0.2) is 4.79 Å². The zero-order valence-corrected chi connectivity index (χ0v) is 17.8. The van der Waals surface area contributed by atoms with E-state index in [2.05, 4.69) is 14.5 Å². The maximum absolute atomic E-state index is 13.4. The molecule has 3 aromatic heterocycles. The molecular weight excluding hydrogens is 406 g/mol. The molecule has 1 saturated carbocycles. The van der Waals surface area contributed by atoms with Gasteiger partial charge in [0.2, 0.25) is 0 Å². The van der Waals surface area contributed by atoms with Crippen LogP contribution in [0.2, 0.25) is 0 Å². The molecule has 6 rings (SSSR count). The van der Waals surface area contributed by atoms with Crippen molar-refractivity contribution in [3.05, 3.63) is 69.4 Å². The van der Waals surface area contributed by atoms with Gasteiger partial charge < -0.3 is 9.30 Å². The molecule has 1 aliphatic carbocycles. The van der Waals surface area contributed by atoms with Crippen molar-refractivity contribution in [3.63, 3.8) is 0 Å². The number of imidazole rings is 1. The molecule has 0 N–H and O–H groups in total. The lowest BCUT2D eigenvalue weighted by atomic mass is 10.1. The largest absolute Gasteiger partial charge is 0.381 e. The van der Waals surface area contributed by atoms with E-state index in [1.807, 2.05) is 34.9 Å². The van der Waals surface area contributed by atoms with Crippen LogP contribution in [0.3, 0.4) is 0 Å². The Balaban J connectivity index is 1.48. The third-order valence-corrected chi connectivity index (χ3v) is 6.73. The van der Waals surface area contributed by atoms with Crippen molar-refractivity contribution in [2.75, 3.05) is 13.2 Å². The Kier molecular flexibility index (Phi) is 4.68. The van der Waals surface area contributed by atoms with Crippen molar-refractivity contribution < 1.29 is 4.74 Å². The molecule has 8 nitrogen and oxygen atoms in total. The zero-order chi connectivity index (χ0) is 21.7. The molecule has 1 atom stereocenters. The van der Waals surface area contributed by atoms with Gasteiger partial charge in [-0.05, 0) is 49.8 Å². The minimum atomic E-state index is -0.256. The van der Waals surface area contributed by atoms with E-state index in [1.165, 1.54) is 0 Å². The Morgan fingerprint density at radius 1 is 1.00 bits per heavy atom. The summed E-state index contributed by atoms with van der Waals surface area (Å²) >= 11 is 0. The summed E-state index contributed by atoms with van der Waals surface area (Å²) in [5.74, 6) is 1.11. The minimum Gasteiger partial charge on any atom is -0.381 e. The summed E-state index contributed by atoms with van der Waals surface area (Å²) < 4.78 is 11.2. The van der Waals surface area contributed by atoms with E-state index in [9.17, 15) is 9.59 Å². The van der Waals surface area contributed by atoms with Gasteiger partial charge in [0.15, 0.2) is 0 Å². The number of benzene rings is 1. The molecule has 32 heavy (non-hydrogen) atoms. The Morgan fingerprint density at radius 2 is 1.88 bits per heavy atom. The average Bonchev–Trinajstić information content (AvgIpc) is 3.42. The summed E-state index contributed by atoms with van der Waals surface area (Å²) in [5, 5.41) is 0.605. The SMILES string of the molecule is O=c1nc(Cn2c(=O)n(C3CC3)c3ccncc32)n(CCC2CCOC2)c2ccccc12. The zero-order valence-electron chi connectivity index (χ0n) is 17.8. The smallest absolute Gasteiger partial charge is 0.329 e. The quantitative estimate of drug-likeness (QED) is 0.469. The second-order valence-electron chi connectivity index (χ2n) is 8.85. The Morgan fingerprint density at radius 3 is 2.69 bits per heavy atom. The third kappa shape index (κ3) is 3.26. The topological polar surface area (TPSA) is 83.9 Å². The predicted molar refractivity (Wildman–Crippen MR) is 121 cm³/mol. The molecule has 1 aliphatic heterocycles. The minimum absolute atomic E-state index is 0.0614. The summed E-state index contributed by atoms with van der Waals surface area (Å²) in [4.78, 5) is 34.9. The van der Waals surface area contributed by atoms with Crippen LogP contribution in [-0.4, -0.2) is 36.9 Å². The maximum atomic E-state index is 13.4. The van der Waals surface area contributed by atoms with Crippen LogP contribution < -0.4 is 11.2 Å². The van der Waals surface area contributed by atoms with E-state index < -0.39 is 0 Å². The number of ether oxygens (including phenoxy) is 1. The molecule has 1 unspecified atom stereocenters. The molecule has 1 aromatic carbocycles. The molecule has 0 radical (unpaired) electrons. The Bertz CT molecular complexity index is 1420. The fourth-order valence-corrected chi connectivity index (χ4v) is 4.87. The number of rotatable bonds is 6. The van der Waals surface area contributed by atoms with Gasteiger partial charge in [-0.15, -0.1) is 0 Å². The fourth-order valence-electron chi connectivity index (χ4n) is 4.87. The first-order chi connectivity index (χ1) is 15.7. The number of hydrogen-bond acceptors (Lipinski definition) is 5. The molecule has 0 spiro atoms. The van der Waals surface area contributed by atoms with Crippen LogP contribution in [0.4, 0.5) is 0 Å². The van der Waals surface area contributed by atoms with Crippen molar-refractivity contribution in [2.45, 2.75) is 44.8 Å². The second-order valence-corrected chi connectivity index (χ2v) is 8.85. The molecule has 8 heteroatoms. The molecular formula is C24H25N5O3. The van der Waals surface area contributed by atoms with E-state index >= 15 is 0 Å². The van der Waals surface area contributed by atoms with Crippen molar-refractivity contribution in [1.82, 2.24) is 23.7 Å². The van der Waals surface area contributed by atoms with Crippen LogP contribution >= 0.6 is 0 Å². The highest BCUT2D eigenvalue weighted by Crippen LogP contribution is 2.36. The summed E-state index contributed by atoms with van der Waals surface area (Å²) in [6, 6.07) is 9.73. The van der Waals surface area contributed by atoms with Crippen molar-refractivity contribution in [2.24, 2.45) is 5.92 Å². The van der Waals surface area contributed by atoms with Crippen LogP contribution in [0.15, 0.2) is 52.3 Å². The van der Waals surface area contributed by atoms with Gasteiger partial charge in [0.1, 0.15) is 5.82 Å². The normalized spacial score (nSPS) is 18.7. The lowest BCUT2D eigenvalue weighted by Gasteiger charge is -2.18. The van der Waals surface area contributed by atoms with Gasteiger partial charge in [0, 0.05) is 32.0 Å². The van der Waals surface area contributed by atoms with E-state index in [4.69, 9.17) is 4.74 Å². The van der Waals surface area contributed by atoms with E-state index in [1.54, 1.807) is 17.0 Å². The average molecular weight is 431 g/mol. The molecule has 1 saturated heterocycles. The third-order valence-electron chi connectivity index (χ3n) is 6.73. The maximum Gasteiger partial charge on any atom is 0.329 e. The number of hydrogen-bond donors (Lipinski definition) is 0. The highest BCUT2D eigenvalue weighted by molar-refractivity contribution is 5.78. The summed E-state index contributed by atoms with van der Waals surface area (Å²) in [6.45, 7) is 2.55. The predicted octanol–water partition coefficient (Wildman–Crippen LogP) is 2.72. The van der Waals surface area contributed by atoms with E-state index in [0.717, 1.165) is 62.0 Å². The lowest BCUT2D eigenvalue weighted by molar-refractivity contribution is 0.183. The first-order valence-electron chi connectivity index (χ1n) is 11.3. The van der Waals surface area contributed by atoms with Crippen LogP contribution in [0.1, 0.15) is 37.5 Å². The number of pyridine rings is 1. The van der Waals surface area contributed by atoms with Gasteiger partial charge in [-0.2, -0.15) is 4.98 Å². The number of para-hydroxylation sites is 1. The van der Waals surface area contributed by atoms with Gasteiger partial charge in [-0.1, -0.05) is 12.1 Å². The summed E-state index contributed by atoms with van der Waals surface area (Å²) in [7, 11) is 0. The molecule has 2 fully saturated rings. The van der Waals surface area contributed by atoms with Crippen molar-refractivity contribution >= 4 is 21.9 Å². The molecule has 4 heterocycles. The van der Waals surface area contributed by atoms with Crippen LogP contribution in [0.25, 0.3) is 21.9 Å². The number of fused-ring (bicyclic) bond motifs is 2. The lowest BCUT2D eigenvalue weighted by Crippen LogP contribution is -2.28. The second kappa shape index (κ2) is 7.70. The standard InChI is InChI=1S/C24H25N5O3/c30-23-18-3-1-2-4-19(18)27(11-8-16-9-12-32-15-16)22(26-23)14-28-21-13-25-10-7-20(21)29(24(28)31)17-5-6-17/h1-4,7,10,13,16-17H,5-6,8-9,11-12,14-15H2. The molecule has 164 valence electrons. The molecule has 0 bridgehead atoms. The van der Waals surface area contributed by atoms with Gasteiger partial charge in [0.25, 0.3) is 5.56 Å². The van der Waals surface area contributed by atoms with Crippen LogP contribution in [0.5, 0.6) is 0 Å². The number of aryl methyl sites for hydroxylation is 1. The summed E-state index contributed by atoms with van der Waals surface area (Å²) in [5.41, 5.74) is 2.22. The van der Waals surface area contributed by atoms with Gasteiger partial charge in [-0.3, -0.25) is 18.9 Å². The fraction of sp³-hybridized carbons (Fsp3) is 0.417. The Labute approximate surface area is 184 Å². The van der Waals surface area contributed by atoms with Crippen molar-refractivity contribution in [1.29, 1.82) is 0 Å². The van der Waals surface area contributed by atoms with Gasteiger partial charge in [0.05, 0.1) is 34.7 Å². The first kappa shape index (κ1) is 19.4. The number of nitrogens with zero attached hydrogens (tertiary/aromatic N) is 5. The summed E-state index contributed by atoms with van der Waals surface area (Å²) in [6.07, 6.45) is 7.49.